The van der Waals surface area contributed by atoms with Gasteiger partial charge in [-0.15, -0.1) is 0 Å². The summed E-state index contributed by atoms with van der Waals surface area (Å²) in [5, 5.41) is 12.8. The molecule has 0 aliphatic carbocycles. The fourth-order valence-corrected chi connectivity index (χ4v) is 2.53. The van der Waals surface area contributed by atoms with E-state index in [4.69, 9.17) is 5.11 Å². The van der Waals surface area contributed by atoms with E-state index < -0.39 is 6.09 Å². The predicted octanol–water partition coefficient (Wildman–Crippen LogP) is 2.54. The first-order valence-corrected chi connectivity index (χ1v) is 6.43. The van der Waals surface area contributed by atoms with Crippen molar-refractivity contribution in [3.63, 3.8) is 0 Å². The Morgan fingerprint density at radius 2 is 2.30 bits per heavy atom. The lowest BCUT2D eigenvalue weighted by Crippen LogP contribution is -2.30. The molecule has 5 nitrogen and oxygen atoms in total. The molecule has 20 heavy (non-hydrogen) atoms. The third-order valence-electron chi connectivity index (χ3n) is 3.54. The summed E-state index contributed by atoms with van der Waals surface area (Å²) < 4.78 is 14.0. The summed E-state index contributed by atoms with van der Waals surface area (Å²) in [6.45, 7) is 0.836. The number of hydrogen-bond donors (Lipinski definition) is 2. The van der Waals surface area contributed by atoms with Crippen molar-refractivity contribution in [2.45, 2.75) is 12.5 Å². The lowest BCUT2D eigenvalue weighted by atomic mass is 10.1. The minimum Gasteiger partial charge on any atom is -0.465 e. The van der Waals surface area contributed by atoms with Crippen LogP contribution >= 0.6 is 0 Å². The summed E-state index contributed by atoms with van der Waals surface area (Å²) in [6, 6.07) is 6.49. The molecule has 1 aliphatic rings. The third kappa shape index (κ3) is 2.24. The van der Waals surface area contributed by atoms with Crippen molar-refractivity contribution in [1.29, 1.82) is 0 Å². The maximum absolute atomic E-state index is 14.0. The molecule has 0 radical (unpaired) electrons. The van der Waals surface area contributed by atoms with Crippen molar-refractivity contribution >= 4 is 22.7 Å². The lowest BCUT2D eigenvalue weighted by Gasteiger charge is -2.17. The zero-order valence-corrected chi connectivity index (χ0v) is 10.7. The van der Waals surface area contributed by atoms with Gasteiger partial charge in [-0.2, -0.15) is 0 Å². The second-order valence-corrected chi connectivity index (χ2v) is 4.85. The summed E-state index contributed by atoms with van der Waals surface area (Å²) in [5.74, 6) is -0.348. The Morgan fingerprint density at radius 1 is 1.45 bits per heavy atom. The zero-order chi connectivity index (χ0) is 14.1. The number of nitrogens with one attached hydrogen (secondary N) is 1. The molecule has 3 rings (SSSR count). The van der Waals surface area contributed by atoms with Gasteiger partial charge in [-0.3, -0.25) is 4.98 Å². The van der Waals surface area contributed by atoms with E-state index >= 15 is 0 Å². The monoisotopic (exact) mass is 275 g/mol. The van der Waals surface area contributed by atoms with Crippen molar-refractivity contribution in [1.82, 2.24) is 9.88 Å². The van der Waals surface area contributed by atoms with E-state index in [0.29, 0.717) is 36.1 Å². The average molecular weight is 275 g/mol. The predicted molar refractivity (Wildman–Crippen MR) is 73.3 cm³/mol. The van der Waals surface area contributed by atoms with E-state index in [2.05, 4.69) is 10.3 Å². The molecule has 104 valence electrons. The molecule has 1 amide bonds. The standard InChI is InChI=1S/C14H14FN3O2/c15-11-3-4-12-10(2-1-6-16-12)13(11)17-9-5-7-18(8-9)14(19)20/h1-4,6,9,17H,5,7-8H2,(H,19,20)/t9-/m0/s1. The quantitative estimate of drug-likeness (QED) is 0.884. The van der Waals surface area contributed by atoms with Crippen LogP contribution in [0.15, 0.2) is 30.5 Å². The highest BCUT2D eigenvalue weighted by molar-refractivity contribution is 5.91. The largest absolute Gasteiger partial charge is 0.465 e. The second kappa shape index (κ2) is 4.96. The average Bonchev–Trinajstić information content (AvgIpc) is 2.91. The van der Waals surface area contributed by atoms with Gasteiger partial charge in [0.05, 0.1) is 11.2 Å². The van der Waals surface area contributed by atoms with Gasteiger partial charge in [0, 0.05) is 30.7 Å². The number of carbonyl (C=O) groups is 1. The van der Waals surface area contributed by atoms with Gasteiger partial charge < -0.3 is 15.3 Å². The molecule has 0 bridgehead atoms. The molecule has 2 N–H and O–H groups in total. The molecule has 1 fully saturated rings. The van der Waals surface area contributed by atoms with Crippen LogP contribution in [0.1, 0.15) is 6.42 Å². The van der Waals surface area contributed by atoms with Crippen LogP contribution in [0, 0.1) is 5.82 Å². The summed E-state index contributed by atoms with van der Waals surface area (Å²) in [4.78, 5) is 16.4. The highest BCUT2D eigenvalue weighted by Gasteiger charge is 2.26. The first-order chi connectivity index (χ1) is 9.65. The molecule has 1 aromatic heterocycles. The number of hydrogen-bond acceptors (Lipinski definition) is 3. The van der Waals surface area contributed by atoms with E-state index in [1.165, 1.54) is 11.0 Å². The number of pyridine rings is 1. The van der Waals surface area contributed by atoms with E-state index in [9.17, 15) is 9.18 Å². The van der Waals surface area contributed by atoms with Crippen LogP contribution in [0.2, 0.25) is 0 Å². The molecule has 0 saturated carbocycles. The molecule has 6 heteroatoms. The fraction of sp³-hybridized carbons (Fsp3) is 0.286. The third-order valence-corrected chi connectivity index (χ3v) is 3.54. The van der Waals surface area contributed by atoms with Crippen LogP contribution < -0.4 is 5.32 Å². The van der Waals surface area contributed by atoms with E-state index in [1.54, 1.807) is 24.4 Å². The first-order valence-electron chi connectivity index (χ1n) is 6.43. The Hall–Kier alpha value is -2.37. The second-order valence-electron chi connectivity index (χ2n) is 4.85. The van der Waals surface area contributed by atoms with Crippen LogP contribution in [-0.4, -0.2) is 40.2 Å². The molecule has 1 aromatic carbocycles. The molecule has 1 saturated heterocycles. The molecular weight excluding hydrogens is 261 g/mol. The minimum atomic E-state index is -0.936. The summed E-state index contributed by atoms with van der Waals surface area (Å²) >= 11 is 0. The van der Waals surface area contributed by atoms with Gasteiger partial charge >= 0.3 is 6.09 Å². The molecule has 0 unspecified atom stereocenters. The number of nitrogens with zero attached hydrogens (tertiary/aromatic N) is 2. The zero-order valence-electron chi connectivity index (χ0n) is 10.7. The van der Waals surface area contributed by atoms with Crippen LogP contribution in [0.25, 0.3) is 10.9 Å². The Kier molecular flexibility index (Phi) is 3.14. The number of anilines is 1. The van der Waals surface area contributed by atoms with Crippen molar-refractivity contribution in [2.24, 2.45) is 0 Å². The molecule has 0 spiro atoms. The molecule has 2 heterocycles. The Labute approximate surface area is 115 Å². The lowest BCUT2D eigenvalue weighted by molar-refractivity contribution is 0.155. The number of likely N-dealkylation sites (tertiary alicyclic amines) is 1. The van der Waals surface area contributed by atoms with Gasteiger partial charge in [-0.05, 0) is 30.7 Å². The maximum atomic E-state index is 14.0. The number of benzene rings is 1. The number of aromatic nitrogens is 1. The van der Waals surface area contributed by atoms with E-state index in [1.807, 2.05) is 0 Å². The van der Waals surface area contributed by atoms with Gasteiger partial charge in [-0.1, -0.05) is 0 Å². The van der Waals surface area contributed by atoms with Crippen molar-refractivity contribution in [2.75, 3.05) is 18.4 Å². The topological polar surface area (TPSA) is 65.5 Å². The van der Waals surface area contributed by atoms with Gasteiger partial charge in [0.25, 0.3) is 0 Å². The van der Waals surface area contributed by atoms with Crippen molar-refractivity contribution in [3.05, 3.63) is 36.3 Å². The van der Waals surface area contributed by atoms with E-state index in [-0.39, 0.29) is 11.9 Å². The van der Waals surface area contributed by atoms with Crippen molar-refractivity contribution < 1.29 is 14.3 Å². The van der Waals surface area contributed by atoms with Crippen LogP contribution in [0.5, 0.6) is 0 Å². The highest BCUT2D eigenvalue weighted by atomic mass is 19.1. The summed E-state index contributed by atoms with van der Waals surface area (Å²) in [5.41, 5.74) is 1.11. The van der Waals surface area contributed by atoms with Crippen LogP contribution in [0.3, 0.4) is 0 Å². The number of fused-ring (bicyclic) bond motifs is 1. The normalized spacial score (nSPS) is 18.4. The van der Waals surface area contributed by atoms with Gasteiger partial charge in [-0.25, -0.2) is 9.18 Å². The fourth-order valence-electron chi connectivity index (χ4n) is 2.53. The molecular formula is C14H14FN3O2. The number of rotatable bonds is 2. The summed E-state index contributed by atoms with van der Waals surface area (Å²) in [6.07, 6.45) is 1.39. The van der Waals surface area contributed by atoms with Gasteiger partial charge in [0.1, 0.15) is 5.82 Å². The number of amides is 1. The highest BCUT2D eigenvalue weighted by Crippen LogP contribution is 2.27. The number of carboxylic acid groups (broad SMARTS) is 1. The van der Waals surface area contributed by atoms with Gasteiger partial charge in [0.15, 0.2) is 0 Å². The Morgan fingerprint density at radius 3 is 3.05 bits per heavy atom. The SMILES string of the molecule is O=C(O)N1CC[C@H](Nc2c(F)ccc3ncccc23)C1. The first kappa shape index (κ1) is 12.7. The Bertz CT molecular complexity index is 662. The van der Waals surface area contributed by atoms with Gasteiger partial charge in [0.2, 0.25) is 0 Å². The maximum Gasteiger partial charge on any atom is 0.407 e. The number of halogens is 1. The van der Waals surface area contributed by atoms with Crippen LogP contribution in [-0.2, 0) is 0 Å². The van der Waals surface area contributed by atoms with Crippen LogP contribution in [0.4, 0.5) is 14.9 Å². The molecule has 1 aliphatic heterocycles. The summed E-state index contributed by atoms with van der Waals surface area (Å²) in [7, 11) is 0. The Balaban J connectivity index is 1.88. The van der Waals surface area contributed by atoms with Crippen molar-refractivity contribution in [3.8, 4) is 0 Å². The minimum absolute atomic E-state index is 0.0774. The molecule has 2 aromatic rings. The molecule has 1 atom stereocenters. The smallest absolute Gasteiger partial charge is 0.407 e. The van der Waals surface area contributed by atoms with E-state index in [0.717, 1.165) is 0 Å².